The van der Waals surface area contributed by atoms with Gasteiger partial charge in [-0.25, -0.2) is 0 Å². The largest absolute Gasteiger partial charge is 0.424 e. The van der Waals surface area contributed by atoms with Gasteiger partial charge in [0.1, 0.15) is 0 Å². The average Bonchev–Trinajstić information content (AvgIpc) is 1.89. The van der Waals surface area contributed by atoms with Gasteiger partial charge in [-0.1, -0.05) is 32.7 Å². The average molecular weight is 146 g/mol. The van der Waals surface area contributed by atoms with Crippen molar-refractivity contribution in [3.8, 4) is 0 Å². The highest BCUT2D eigenvalue weighted by Gasteiger charge is 1.85. The molecular weight excluding hydrogens is 128 g/mol. The van der Waals surface area contributed by atoms with E-state index in [2.05, 4.69) is 13.5 Å². The van der Waals surface area contributed by atoms with Crippen molar-refractivity contribution < 1.29 is 4.43 Å². The minimum absolute atomic E-state index is 0.120. The Balaban J connectivity index is 2.60. The maximum absolute atomic E-state index is 5.32. The lowest BCUT2D eigenvalue weighted by Gasteiger charge is -1.98. The number of hydrogen-bond donors (Lipinski definition) is 0. The molecule has 1 nitrogen and oxygen atoms in total. The topological polar surface area (TPSA) is 9.23 Å². The van der Waals surface area contributed by atoms with E-state index in [4.69, 9.17) is 4.43 Å². The van der Waals surface area contributed by atoms with Crippen LogP contribution in [-0.4, -0.2) is 16.4 Å². The van der Waals surface area contributed by atoms with Crippen LogP contribution in [0, 0.1) is 0 Å². The molecular formula is C7H18OSi. The molecule has 0 rings (SSSR count). The van der Waals surface area contributed by atoms with Gasteiger partial charge in [-0.05, 0) is 6.42 Å². The van der Waals surface area contributed by atoms with Crippen LogP contribution in [0.4, 0.5) is 0 Å². The van der Waals surface area contributed by atoms with Crippen LogP contribution in [0.5, 0.6) is 0 Å². The van der Waals surface area contributed by atoms with E-state index in [-0.39, 0.29) is 9.76 Å². The molecule has 2 heteroatoms. The molecule has 9 heavy (non-hydrogen) atoms. The van der Waals surface area contributed by atoms with E-state index in [0.29, 0.717) is 0 Å². The first-order chi connectivity index (χ1) is 4.41. The summed E-state index contributed by atoms with van der Waals surface area (Å²) >= 11 is 0. The summed E-state index contributed by atoms with van der Waals surface area (Å²) in [5, 5.41) is 0. The van der Waals surface area contributed by atoms with E-state index in [9.17, 15) is 0 Å². The third-order valence-electron chi connectivity index (χ3n) is 1.35. The molecule has 0 aromatic rings. The van der Waals surface area contributed by atoms with Crippen molar-refractivity contribution in [2.75, 3.05) is 6.61 Å². The number of unbranched alkanes of at least 4 members (excludes halogenated alkanes) is 3. The molecule has 0 aliphatic heterocycles. The standard InChI is InChI=1S/C7H18OSi/c1-3-4-5-6-7-8-9-2/h3-7,9H2,1-2H3. The molecule has 0 radical (unpaired) electrons. The van der Waals surface area contributed by atoms with Crippen molar-refractivity contribution >= 4 is 9.76 Å². The van der Waals surface area contributed by atoms with Crippen LogP contribution < -0.4 is 0 Å². The van der Waals surface area contributed by atoms with Crippen molar-refractivity contribution in [1.82, 2.24) is 0 Å². The molecule has 0 fully saturated rings. The third-order valence-corrected chi connectivity index (χ3v) is 2.04. The predicted molar refractivity (Wildman–Crippen MR) is 44.5 cm³/mol. The van der Waals surface area contributed by atoms with Crippen LogP contribution in [0.1, 0.15) is 32.6 Å². The van der Waals surface area contributed by atoms with Gasteiger partial charge in [-0.15, -0.1) is 0 Å². The minimum Gasteiger partial charge on any atom is -0.424 e. The molecule has 56 valence electrons. The van der Waals surface area contributed by atoms with E-state index in [1.54, 1.807) is 0 Å². The van der Waals surface area contributed by atoms with E-state index >= 15 is 0 Å². The Labute approximate surface area is 60.7 Å². The normalized spacial score (nSPS) is 11.3. The first-order valence-corrected chi connectivity index (χ1v) is 5.98. The van der Waals surface area contributed by atoms with E-state index in [0.717, 1.165) is 6.61 Å². The second-order valence-electron chi connectivity index (χ2n) is 2.26. The zero-order chi connectivity index (χ0) is 6.95. The van der Waals surface area contributed by atoms with Crippen molar-refractivity contribution in [2.24, 2.45) is 0 Å². The fourth-order valence-corrected chi connectivity index (χ4v) is 1.27. The van der Waals surface area contributed by atoms with Gasteiger partial charge >= 0.3 is 0 Å². The van der Waals surface area contributed by atoms with Crippen molar-refractivity contribution in [2.45, 2.75) is 39.2 Å². The molecule has 0 atom stereocenters. The maximum Gasteiger partial charge on any atom is 0.158 e. The van der Waals surface area contributed by atoms with Crippen LogP contribution in [0.3, 0.4) is 0 Å². The minimum atomic E-state index is -0.120. The van der Waals surface area contributed by atoms with Crippen LogP contribution in [-0.2, 0) is 4.43 Å². The zero-order valence-electron chi connectivity index (χ0n) is 6.65. The summed E-state index contributed by atoms with van der Waals surface area (Å²) in [5.41, 5.74) is 0. The summed E-state index contributed by atoms with van der Waals surface area (Å²) < 4.78 is 5.32. The van der Waals surface area contributed by atoms with Gasteiger partial charge in [0.2, 0.25) is 0 Å². The fourth-order valence-electron chi connectivity index (χ4n) is 0.775. The summed E-state index contributed by atoms with van der Waals surface area (Å²) in [6.07, 6.45) is 5.32. The highest BCUT2D eigenvalue weighted by molar-refractivity contribution is 6.24. The third kappa shape index (κ3) is 8.18. The summed E-state index contributed by atoms with van der Waals surface area (Å²) in [6.45, 7) is 5.43. The highest BCUT2D eigenvalue weighted by atomic mass is 28.2. The molecule has 0 aromatic heterocycles. The lowest BCUT2D eigenvalue weighted by molar-refractivity contribution is 0.324. The molecule has 0 bridgehead atoms. The molecule has 0 heterocycles. The van der Waals surface area contributed by atoms with Gasteiger partial charge in [-0.2, -0.15) is 0 Å². The molecule has 0 unspecified atom stereocenters. The van der Waals surface area contributed by atoms with Crippen LogP contribution >= 0.6 is 0 Å². The van der Waals surface area contributed by atoms with Gasteiger partial charge in [0, 0.05) is 6.61 Å². The van der Waals surface area contributed by atoms with Crippen molar-refractivity contribution in [3.63, 3.8) is 0 Å². The Kier molecular flexibility index (Phi) is 8.34. The first kappa shape index (κ1) is 9.18. The molecule has 0 saturated heterocycles. The van der Waals surface area contributed by atoms with Gasteiger partial charge < -0.3 is 4.43 Å². The first-order valence-electron chi connectivity index (χ1n) is 3.99. The van der Waals surface area contributed by atoms with E-state index in [1.807, 2.05) is 0 Å². The van der Waals surface area contributed by atoms with Crippen LogP contribution in [0.25, 0.3) is 0 Å². The highest BCUT2D eigenvalue weighted by Crippen LogP contribution is 1.97. The van der Waals surface area contributed by atoms with Gasteiger partial charge in [-0.3, -0.25) is 0 Å². The van der Waals surface area contributed by atoms with Crippen molar-refractivity contribution in [1.29, 1.82) is 0 Å². The second-order valence-corrected chi connectivity index (χ2v) is 3.24. The molecule has 0 aliphatic carbocycles. The Morgan fingerprint density at radius 3 is 2.56 bits per heavy atom. The molecule has 0 saturated carbocycles. The van der Waals surface area contributed by atoms with E-state index in [1.165, 1.54) is 25.7 Å². The van der Waals surface area contributed by atoms with E-state index < -0.39 is 0 Å². The van der Waals surface area contributed by atoms with Gasteiger partial charge in [0.25, 0.3) is 0 Å². The fraction of sp³-hybridized carbons (Fsp3) is 1.00. The Morgan fingerprint density at radius 2 is 2.00 bits per heavy atom. The smallest absolute Gasteiger partial charge is 0.158 e. The van der Waals surface area contributed by atoms with Gasteiger partial charge in [0.05, 0.1) is 0 Å². The van der Waals surface area contributed by atoms with Crippen molar-refractivity contribution in [3.05, 3.63) is 0 Å². The summed E-state index contributed by atoms with van der Waals surface area (Å²) in [6, 6.07) is 0. The second kappa shape index (κ2) is 8.18. The molecule has 0 amide bonds. The number of rotatable bonds is 6. The maximum atomic E-state index is 5.32. The summed E-state index contributed by atoms with van der Waals surface area (Å²) in [5.74, 6) is 0. The lowest BCUT2D eigenvalue weighted by Crippen LogP contribution is -1.95. The van der Waals surface area contributed by atoms with Crippen LogP contribution in [0.2, 0.25) is 6.55 Å². The van der Waals surface area contributed by atoms with Crippen LogP contribution in [0.15, 0.2) is 0 Å². The summed E-state index contributed by atoms with van der Waals surface area (Å²) in [7, 11) is -0.120. The quantitative estimate of drug-likeness (QED) is 0.409. The molecule has 0 aromatic carbocycles. The SMILES string of the molecule is CCCCCCO[SiH2]C. The number of hydrogen-bond acceptors (Lipinski definition) is 1. The molecule has 0 N–H and O–H groups in total. The van der Waals surface area contributed by atoms with Gasteiger partial charge in [0.15, 0.2) is 9.76 Å². The Hall–Kier alpha value is 0.177. The predicted octanol–water partition coefficient (Wildman–Crippen LogP) is 1.72. The zero-order valence-corrected chi connectivity index (χ0v) is 8.07. The molecule has 0 spiro atoms. The summed E-state index contributed by atoms with van der Waals surface area (Å²) in [4.78, 5) is 0. The Bertz CT molecular complexity index is 42.2. The Morgan fingerprint density at radius 1 is 1.22 bits per heavy atom. The molecule has 0 aliphatic rings. The lowest BCUT2D eigenvalue weighted by atomic mass is 10.2. The monoisotopic (exact) mass is 146 g/mol.